The first-order valence-corrected chi connectivity index (χ1v) is 11.8. The van der Waals surface area contributed by atoms with Crippen molar-refractivity contribution in [2.75, 3.05) is 19.6 Å². The van der Waals surface area contributed by atoms with Gasteiger partial charge in [-0.2, -0.15) is 8.78 Å². The molecule has 1 aliphatic heterocycles. The van der Waals surface area contributed by atoms with Crippen LogP contribution in [0.2, 0.25) is 0 Å². The Morgan fingerprint density at radius 2 is 1.72 bits per heavy atom. The van der Waals surface area contributed by atoms with Crippen molar-refractivity contribution in [2.45, 2.75) is 38.8 Å². The molecule has 11 heteroatoms. The number of likely N-dealkylation sites (tertiary alicyclic amines) is 1. The summed E-state index contributed by atoms with van der Waals surface area (Å²) in [6, 6.07) is 10.7. The molecule has 1 fully saturated rings. The van der Waals surface area contributed by atoms with Crippen LogP contribution in [0.4, 0.5) is 13.2 Å². The van der Waals surface area contributed by atoms with Crippen molar-refractivity contribution < 1.29 is 17.6 Å². The zero-order chi connectivity index (χ0) is 25.2. The van der Waals surface area contributed by atoms with Crippen molar-refractivity contribution in [3.05, 3.63) is 80.6 Å². The average Bonchev–Trinajstić information content (AvgIpc) is 3.39. The Morgan fingerprint density at radius 3 is 2.44 bits per heavy atom. The molecule has 1 aliphatic rings. The van der Waals surface area contributed by atoms with E-state index < -0.39 is 29.4 Å². The summed E-state index contributed by atoms with van der Waals surface area (Å²) in [6.07, 6.45) is 0.510. The molecule has 2 aromatic carbocycles. The van der Waals surface area contributed by atoms with Gasteiger partial charge in [0.15, 0.2) is 0 Å². The Labute approximate surface area is 203 Å². The highest BCUT2D eigenvalue weighted by atomic mass is 19.3. The second kappa shape index (κ2) is 10.1. The number of benzene rings is 2. The van der Waals surface area contributed by atoms with Crippen LogP contribution in [0.5, 0.6) is 0 Å². The molecule has 0 N–H and O–H groups in total. The van der Waals surface area contributed by atoms with E-state index in [1.165, 1.54) is 18.6 Å². The third kappa shape index (κ3) is 4.70. The van der Waals surface area contributed by atoms with Crippen LogP contribution in [0, 0.1) is 5.82 Å². The maximum Gasteiger partial charge on any atom is 0.331 e. The molecule has 0 atom stereocenters. The van der Waals surface area contributed by atoms with E-state index in [1.54, 1.807) is 28.8 Å². The van der Waals surface area contributed by atoms with E-state index in [-0.39, 0.29) is 23.6 Å². The van der Waals surface area contributed by atoms with Crippen molar-refractivity contribution in [3.63, 3.8) is 0 Å². The summed E-state index contributed by atoms with van der Waals surface area (Å²) < 4.78 is 47.9. The summed E-state index contributed by atoms with van der Waals surface area (Å²) in [5, 5.41) is 7.14. The van der Waals surface area contributed by atoms with Gasteiger partial charge in [0.1, 0.15) is 5.82 Å². The molecule has 4 aromatic rings. The lowest BCUT2D eigenvalue weighted by Crippen LogP contribution is -2.42. The Kier molecular flexibility index (Phi) is 6.73. The minimum atomic E-state index is -2.94. The molecule has 0 bridgehead atoms. The van der Waals surface area contributed by atoms with Crippen molar-refractivity contribution in [3.8, 4) is 11.5 Å². The van der Waals surface area contributed by atoms with Crippen LogP contribution < -0.4 is 11.2 Å². The predicted molar refractivity (Wildman–Crippen MR) is 127 cm³/mol. The smallest absolute Gasteiger partial charge is 0.331 e. The first-order chi connectivity index (χ1) is 17.4. The molecule has 0 radical (unpaired) electrons. The van der Waals surface area contributed by atoms with Crippen molar-refractivity contribution in [1.29, 1.82) is 0 Å². The van der Waals surface area contributed by atoms with Gasteiger partial charge in [-0.3, -0.25) is 13.9 Å². The molecule has 5 rings (SSSR count). The van der Waals surface area contributed by atoms with E-state index in [4.69, 9.17) is 4.42 Å². The van der Waals surface area contributed by atoms with Gasteiger partial charge in [0, 0.05) is 24.2 Å². The number of alkyl halides is 2. The fourth-order valence-electron chi connectivity index (χ4n) is 4.57. The van der Waals surface area contributed by atoms with Gasteiger partial charge in [0.05, 0.1) is 17.4 Å². The van der Waals surface area contributed by atoms with E-state index >= 15 is 0 Å². The fraction of sp³-hybridized carbons (Fsp3) is 0.360. The number of rotatable bonds is 7. The monoisotopic (exact) mass is 499 g/mol. The van der Waals surface area contributed by atoms with Crippen LogP contribution in [-0.2, 0) is 13.1 Å². The summed E-state index contributed by atoms with van der Waals surface area (Å²) in [5.74, 6) is -1.84. The lowest BCUT2D eigenvalue weighted by molar-refractivity contribution is 0.116. The topological polar surface area (TPSA) is 86.2 Å². The molecule has 188 valence electrons. The molecule has 0 unspecified atom stereocenters. The van der Waals surface area contributed by atoms with Crippen molar-refractivity contribution >= 4 is 10.9 Å². The molecule has 2 aromatic heterocycles. The molecule has 36 heavy (non-hydrogen) atoms. The minimum Gasteiger partial charge on any atom is -0.415 e. The Bertz CT molecular complexity index is 1510. The highest BCUT2D eigenvalue weighted by molar-refractivity contribution is 5.77. The number of hydrogen-bond acceptors (Lipinski definition) is 6. The number of halogens is 3. The van der Waals surface area contributed by atoms with Crippen LogP contribution in [0.15, 0.2) is 56.5 Å². The number of para-hydroxylation sites is 1. The number of fused-ring (bicyclic) bond motifs is 1. The molecule has 0 spiro atoms. The van der Waals surface area contributed by atoms with E-state index in [0.717, 1.165) is 36.6 Å². The van der Waals surface area contributed by atoms with Crippen LogP contribution >= 0.6 is 0 Å². The molecular formula is C25H24F3N5O3. The lowest BCUT2D eigenvalue weighted by atomic mass is 10.1. The second-order valence-electron chi connectivity index (χ2n) is 8.80. The zero-order valence-electron chi connectivity index (χ0n) is 19.4. The molecular weight excluding hydrogens is 475 g/mol. The predicted octanol–water partition coefficient (Wildman–Crippen LogP) is 3.82. The van der Waals surface area contributed by atoms with Crippen LogP contribution in [0.1, 0.15) is 37.1 Å². The van der Waals surface area contributed by atoms with Gasteiger partial charge in [-0.05, 0) is 50.2 Å². The number of nitrogens with zero attached hydrogens (tertiary/aromatic N) is 5. The SMILES string of the molecule is O=c1c2ccccc2n(CCN2CCCCC2)c(=O)n1Cc1ccc(-c2nnc(C(F)F)o2)cc1F. The standard InChI is InChI=1S/C25H24F3N5O3/c26-19-14-16(22-29-30-23(36-22)21(27)28)8-9-17(19)15-33-24(34)18-6-2-3-7-20(18)32(25(33)35)13-12-31-10-4-1-5-11-31/h2-3,6-9,14,21H,1,4-5,10-13,15H2. The van der Waals surface area contributed by atoms with Gasteiger partial charge >= 0.3 is 12.1 Å². The van der Waals surface area contributed by atoms with E-state index in [0.29, 0.717) is 24.0 Å². The van der Waals surface area contributed by atoms with E-state index in [2.05, 4.69) is 15.1 Å². The highest BCUT2D eigenvalue weighted by Gasteiger charge is 2.19. The maximum atomic E-state index is 15.0. The van der Waals surface area contributed by atoms with Gasteiger partial charge < -0.3 is 9.32 Å². The van der Waals surface area contributed by atoms with Crippen LogP contribution in [-0.4, -0.2) is 43.9 Å². The number of aromatic nitrogens is 4. The van der Waals surface area contributed by atoms with E-state index in [9.17, 15) is 22.8 Å². The zero-order valence-corrected chi connectivity index (χ0v) is 19.4. The van der Waals surface area contributed by atoms with Crippen molar-refractivity contribution in [1.82, 2.24) is 24.2 Å². The Hall–Kier alpha value is -3.73. The van der Waals surface area contributed by atoms with Gasteiger partial charge in [0.25, 0.3) is 11.4 Å². The Morgan fingerprint density at radius 1 is 0.944 bits per heavy atom. The summed E-state index contributed by atoms with van der Waals surface area (Å²) >= 11 is 0. The summed E-state index contributed by atoms with van der Waals surface area (Å²) in [7, 11) is 0. The lowest BCUT2D eigenvalue weighted by Gasteiger charge is -2.27. The van der Waals surface area contributed by atoms with Crippen LogP contribution in [0.3, 0.4) is 0 Å². The summed E-state index contributed by atoms with van der Waals surface area (Å²) in [5.41, 5.74) is -0.280. The third-order valence-electron chi connectivity index (χ3n) is 6.48. The first kappa shape index (κ1) is 24.0. The van der Waals surface area contributed by atoms with Gasteiger partial charge in [-0.1, -0.05) is 24.6 Å². The quantitative estimate of drug-likeness (QED) is 0.384. The normalized spacial score (nSPS) is 14.7. The fourth-order valence-corrected chi connectivity index (χ4v) is 4.57. The molecule has 0 saturated carbocycles. The van der Waals surface area contributed by atoms with E-state index in [1.807, 2.05) is 0 Å². The molecule has 8 nitrogen and oxygen atoms in total. The largest absolute Gasteiger partial charge is 0.415 e. The summed E-state index contributed by atoms with van der Waals surface area (Å²) in [6.45, 7) is 2.75. The van der Waals surface area contributed by atoms with Gasteiger partial charge in [-0.25, -0.2) is 9.18 Å². The van der Waals surface area contributed by atoms with Gasteiger partial charge in [-0.15, -0.1) is 10.2 Å². The molecule has 0 amide bonds. The average molecular weight is 499 g/mol. The van der Waals surface area contributed by atoms with Crippen LogP contribution in [0.25, 0.3) is 22.4 Å². The molecule has 0 aliphatic carbocycles. The van der Waals surface area contributed by atoms with Gasteiger partial charge in [0.2, 0.25) is 5.89 Å². The highest BCUT2D eigenvalue weighted by Crippen LogP contribution is 2.25. The third-order valence-corrected chi connectivity index (χ3v) is 6.48. The summed E-state index contributed by atoms with van der Waals surface area (Å²) in [4.78, 5) is 28.9. The van der Waals surface area contributed by atoms with Crippen molar-refractivity contribution in [2.24, 2.45) is 0 Å². The molecule has 1 saturated heterocycles. The molecule has 3 heterocycles. The number of piperidine rings is 1. The minimum absolute atomic E-state index is 0.0874. The first-order valence-electron chi connectivity index (χ1n) is 11.8. The second-order valence-corrected chi connectivity index (χ2v) is 8.80. The Balaban J connectivity index is 1.48. The maximum absolute atomic E-state index is 15.0. The number of hydrogen-bond donors (Lipinski definition) is 0.